The molecule has 2 N–H and O–H groups in total. The van der Waals surface area contributed by atoms with Gasteiger partial charge >= 0.3 is 0 Å². The highest BCUT2D eigenvalue weighted by Crippen LogP contribution is 2.24. The Morgan fingerprint density at radius 3 is 2.52 bits per heavy atom. The second-order valence-electron chi connectivity index (χ2n) is 5.49. The number of hydrogen-bond donors (Lipinski definition) is 2. The minimum Gasteiger partial charge on any atom is -0.354 e. The highest BCUT2D eigenvalue weighted by atomic mass is 19.1. The van der Waals surface area contributed by atoms with Crippen molar-refractivity contribution >= 4 is 11.8 Å². The van der Waals surface area contributed by atoms with Gasteiger partial charge in [0.05, 0.1) is 0 Å². The minimum absolute atomic E-state index is 0.0723. The van der Waals surface area contributed by atoms with E-state index >= 15 is 0 Å². The average molecular weight is 292 g/mol. The van der Waals surface area contributed by atoms with Gasteiger partial charge in [-0.1, -0.05) is 18.9 Å². The second kappa shape index (κ2) is 7.20. The Morgan fingerprint density at radius 1 is 1.19 bits per heavy atom. The largest absolute Gasteiger partial charge is 0.354 e. The predicted molar refractivity (Wildman–Crippen MR) is 78.4 cm³/mol. The van der Waals surface area contributed by atoms with Crippen LogP contribution in [0.15, 0.2) is 18.2 Å². The Bertz CT molecular complexity index is 525. The van der Waals surface area contributed by atoms with Crippen molar-refractivity contribution in [1.82, 2.24) is 10.6 Å². The number of hydrogen-bond acceptors (Lipinski definition) is 2. The molecule has 0 unspecified atom stereocenters. The average Bonchev–Trinajstić information content (AvgIpc) is 3.00. The third-order valence-electron chi connectivity index (χ3n) is 3.87. The molecule has 0 atom stereocenters. The first kappa shape index (κ1) is 15.5. The molecule has 1 aliphatic rings. The summed E-state index contributed by atoms with van der Waals surface area (Å²) in [7, 11) is 0. The molecule has 4 nitrogen and oxygen atoms in total. The van der Waals surface area contributed by atoms with Gasteiger partial charge in [0.15, 0.2) is 0 Å². The lowest BCUT2D eigenvalue weighted by Gasteiger charge is -2.11. The normalized spacial score (nSPS) is 15.0. The van der Waals surface area contributed by atoms with E-state index in [4.69, 9.17) is 0 Å². The van der Waals surface area contributed by atoms with Gasteiger partial charge in [-0.05, 0) is 37.5 Å². The molecule has 2 rings (SSSR count). The summed E-state index contributed by atoms with van der Waals surface area (Å²) in [5.74, 6) is -0.517. The summed E-state index contributed by atoms with van der Waals surface area (Å²) in [6.45, 7) is 2.39. The summed E-state index contributed by atoms with van der Waals surface area (Å²) in [5, 5.41) is 5.50. The summed E-state index contributed by atoms with van der Waals surface area (Å²) < 4.78 is 13.4. The molecule has 0 bridgehead atoms. The first-order chi connectivity index (χ1) is 10.1. The van der Waals surface area contributed by atoms with E-state index in [1.807, 2.05) is 0 Å². The zero-order valence-electron chi connectivity index (χ0n) is 12.2. The number of aryl methyl sites for hydroxylation is 1. The van der Waals surface area contributed by atoms with Gasteiger partial charge in [0, 0.05) is 24.6 Å². The summed E-state index contributed by atoms with van der Waals surface area (Å²) in [6, 6.07) is 4.39. The van der Waals surface area contributed by atoms with E-state index in [1.165, 1.54) is 6.07 Å². The zero-order chi connectivity index (χ0) is 15.2. The van der Waals surface area contributed by atoms with Crippen molar-refractivity contribution in [2.45, 2.75) is 32.6 Å². The SMILES string of the molecule is Cc1ccc(C(=O)NCCNC(=O)C2CCCC2)cc1F. The van der Waals surface area contributed by atoms with Crippen LogP contribution < -0.4 is 10.6 Å². The van der Waals surface area contributed by atoms with Crippen molar-refractivity contribution in [3.05, 3.63) is 35.1 Å². The van der Waals surface area contributed by atoms with E-state index in [2.05, 4.69) is 10.6 Å². The van der Waals surface area contributed by atoms with E-state index < -0.39 is 5.82 Å². The molecule has 1 aliphatic carbocycles. The van der Waals surface area contributed by atoms with Crippen molar-refractivity contribution in [1.29, 1.82) is 0 Å². The lowest BCUT2D eigenvalue weighted by molar-refractivity contribution is -0.124. The molecule has 0 spiro atoms. The van der Waals surface area contributed by atoms with Gasteiger partial charge in [0.25, 0.3) is 5.91 Å². The lowest BCUT2D eigenvalue weighted by atomic mass is 10.1. The minimum atomic E-state index is -0.391. The standard InChI is InChI=1S/C16H21FN2O2/c1-11-6-7-13(10-14(11)17)16(21)19-9-8-18-15(20)12-4-2-3-5-12/h6-7,10,12H,2-5,8-9H2,1H3,(H,18,20)(H,19,21). The molecule has 0 aliphatic heterocycles. The van der Waals surface area contributed by atoms with Gasteiger partial charge in [0.1, 0.15) is 5.82 Å². The summed E-state index contributed by atoms with van der Waals surface area (Å²) in [4.78, 5) is 23.6. The van der Waals surface area contributed by atoms with Crippen LogP contribution in [0, 0.1) is 18.7 Å². The quantitative estimate of drug-likeness (QED) is 0.817. The van der Waals surface area contributed by atoms with Crippen molar-refractivity contribution in [3.8, 4) is 0 Å². The molecule has 0 aromatic heterocycles. The summed E-state index contributed by atoms with van der Waals surface area (Å²) >= 11 is 0. The fourth-order valence-electron chi connectivity index (χ4n) is 2.53. The van der Waals surface area contributed by atoms with Gasteiger partial charge in [-0.3, -0.25) is 9.59 Å². The Kier molecular flexibility index (Phi) is 5.31. The van der Waals surface area contributed by atoms with Crippen molar-refractivity contribution in [3.63, 3.8) is 0 Å². The smallest absolute Gasteiger partial charge is 0.251 e. The summed E-state index contributed by atoms with van der Waals surface area (Å²) in [5.41, 5.74) is 0.801. The fraction of sp³-hybridized carbons (Fsp3) is 0.500. The zero-order valence-corrected chi connectivity index (χ0v) is 12.2. The van der Waals surface area contributed by atoms with Crippen LogP contribution in [0.3, 0.4) is 0 Å². The van der Waals surface area contributed by atoms with Gasteiger partial charge in [-0.2, -0.15) is 0 Å². The maximum Gasteiger partial charge on any atom is 0.251 e. The highest BCUT2D eigenvalue weighted by molar-refractivity contribution is 5.94. The lowest BCUT2D eigenvalue weighted by Crippen LogP contribution is -2.37. The van der Waals surface area contributed by atoms with Crippen LogP contribution in [0.4, 0.5) is 4.39 Å². The second-order valence-corrected chi connectivity index (χ2v) is 5.49. The Morgan fingerprint density at radius 2 is 1.86 bits per heavy atom. The van der Waals surface area contributed by atoms with Crippen molar-refractivity contribution in [2.75, 3.05) is 13.1 Å². The van der Waals surface area contributed by atoms with E-state index in [0.29, 0.717) is 24.2 Å². The molecular formula is C16H21FN2O2. The number of carbonyl (C=O) groups excluding carboxylic acids is 2. The van der Waals surface area contributed by atoms with Crippen molar-refractivity contribution < 1.29 is 14.0 Å². The van der Waals surface area contributed by atoms with Crippen LogP contribution in [0.1, 0.15) is 41.6 Å². The third kappa shape index (κ3) is 4.28. The predicted octanol–water partition coefficient (Wildman–Crippen LogP) is 2.17. The molecule has 1 aromatic carbocycles. The Balaban J connectivity index is 1.71. The molecule has 1 aromatic rings. The molecule has 114 valence electrons. The third-order valence-corrected chi connectivity index (χ3v) is 3.87. The molecule has 0 saturated heterocycles. The van der Waals surface area contributed by atoms with E-state index in [9.17, 15) is 14.0 Å². The maximum atomic E-state index is 13.4. The van der Waals surface area contributed by atoms with Crippen LogP contribution in [-0.4, -0.2) is 24.9 Å². The number of benzene rings is 1. The monoisotopic (exact) mass is 292 g/mol. The van der Waals surface area contributed by atoms with Gasteiger partial charge in [0.2, 0.25) is 5.91 Å². The first-order valence-electron chi connectivity index (χ1n) is 7.40. The van der Waals surface area contributed by atoms with E-state index in [0.717, 1.165) is 25.7 Å². The Hall–Kier alpha value is -1.91. The van der Waals surface area contributed by atoms with Crippen molar-refractivity contribution in [2.24, 2.45) is 5.92 Å². The van der Waals surface area contributed by atoms with Crippen LogP contribution in [0.2, 0.25) is 0 Å². The number of rotatable bonds is 5. The molecule has 1 fully saturated rings. The number of nitrogens with one attached hydrogen (secondary N) is 2. The number of carbonyl (C=O) groups is 2. The molecule has 0 heterocycles. The molecule has 0 radical (unpaired) electrons. The van der Waals surface area contributed by atoms with Crippen LogP contribution >= 0.6 is 0 Å². The van der Waals surface area contributed by atoms with Gasteiger partial charge in [-0.15, -0.1) is 0 Å². The molecule has 2 amide bonds. The highest BCUT2D eigenvalue weighted by Gasteiger charge is 2.21. The van der Waals surface area contributed by atoms with Crippen LogP contribution in [0.5, 0.6) is 0 Å². The maximum absolute atomic E-state index is 13.4. The Labute approximate surface area is 124 Å². The van der Waals surface area contributed by atoms with E-state index in [-0.39, 0.29) is 17.7 Å². The topological polar surface area (TPSA) is 58.2 Å². The number of halogens is 1. The van der Waals surface area contributed by atoms with Crippen LogP contribution in [0.25, 0.3) is 0 Å². The van der Waals surface area contributed by atoms with Gasteiger partial charge < -0.3 is 10.6 Å². The van der Waals surface area contributed by atoms with E-state index in [1.54, 1.807) is 19.1 Å². The molecule has 21 heavy (non-hydrogen) atoms. The van der Waals surface area contributed by atoms with Crippen LogP contribution in [-0.2, 0) is 4.79 Å². The molecule has 5 heteroatoms. The molecular weight excluding hydrogens is 271 g/mol. The first-order valence-corrected chi connectivity index (χ1v) is 7.40. The summed E-state index contributed by atoms with van der Waals surface area (Å²) in [6.07, 6.45) is 4.16. The molecule has 1 saturated carbocycles. The number of amides is 2. The van der Waals surface area contributed by atoms with Gasteiger partial charge in [-0.25, -0.2) is 4.39 Å². The fourth-order valence-corrected chi connectivity index (χ4v) is 2.53.